The fourth-order valence-electron chi connectivity index (χ4n) is 3.32. The molecule has 3 unspecified atom stereocenters. The Bertz CT molecular complexity index is 527. The molecule has 4 heteroatoms. The van der Waals surface area contributed by atoms with Crippen LogP contribution >= 0.6 is 12.2 Å². The minimum Gasteiger partial charge on any atom is -0.389 e. The highest BCUT2D eigenvalue weighted by Crippen LogP contribution is 2.33. The van der Waals surface area contributed by atoms with Crippen molar-refractivity contribution in [2.24, 2.45) is 17.6 Å². The summed E-state index contributed by atoms with van der Waals surface area (Å²) >= 11 is 5.26. The maximum Gasteiger partial charge on any atom is 0.139 e. The summed E-state index contributed by atoms with van der Waals surface area (Å²) < 4.78 is 0. The zero-order chi connectivity index (χ0) is 15.0. The van der Waals surface area contributed by atoms with Gasteiger partial charge in [0.25, 0.3) is 0 Å². The second kappa shape index (κ2) is 5.68. The number of hydrogen-bond donors (Lipinski definition) is 1. The molecule has 0 amide bonds. The summed E-state index contributed by atoms with van der Waals surface area (Å²) in [7, 11) is 0. The molecule has 1 saturated heterocycles. The van der Waals surface area contributed by atoms with E-state index in [1.807, 2.05) is 6.92 Å². The summed E-state index contributed by atoms with van der Waals surface area (Å²) in [6.07, 6.45) is 1.27. The number of nitrogens with zero attached hydrogens (tertiary/aromatic N) is 2. The largest absolute Gasteiger partial charge is 0.389 e. The Kier molecular flexibility index (Phi) is 4.33. The predicted octanol–water partition coefficient (Wildman–Crippen LogP) is 3.20. The van der Waals surface area contributed by atoms with E-state index < -0.39 is 0 Å². The van der Waals surface area contributed by atoms with E-state index in [1.54, 1.807) is 0 Å². The molecule has 3 atom stereocenters. The van der Waals surface area contributed by atoms with Gasteiger partial charge < -0.3 is 10.6 Å². The Labute approximate surface area is 127 Å². The van der Waals surface area contributed by atoms with Crippen LogP contribution in [0.5, 0.6) is 0 Å². The molecule has 20 heavy (non-hydrogen) atoms. The third kappa shape index (κ3) is 2.80. The lowest BCUT2D eigenvalue weighted by Gasteiger charge is -2.42. The Balaban J connectivity index is 2.53. The fraction of sp³-hybridized carbons (Fsp3) is 0.625. The van der Waals surface area contributed by atoms with Gasteiger partial charge in [-0.25, -0.2) is 4.98 Å². The van der Waals surface area contributed by atoms with Crippen molar-refractivity contribution in [1.29, 1.82) is 0 Å². The molecule has 2 heterocycles. The van der Waals surface area contributed by atoms with Gasteiger partial charge in [-0.1, -0.05) is 26.1 Å². The molecule has 0 radical (unpaired) electrons. The molecule has 2 N–H and O–H groups in total. The predicted molar refractivity (Wildman–Crippen MR) is 89.4 cm³/mol. The molecular weight excluding hydrogens is 266 g/mol. The van der Waals surface area contributed by atoms with Crippen molar-refractivity contribution in [3.05, 3.63) is 22.9 Å². The first-order valence-electron chi connectivity index (χ1n) is 7.36. The molecule has 3 nitrogen and oxygen atoms in total. The maximum atomic E-state index is 5.95. The van der Waals surface area contributed by atoms with Crippen LogP contribution in [0.4, 0.5) is 5.82 Å². The minimum absolute atomic E-state index is 0.447. The van der Waals surface area contributed by atoms with Gasteiger partial charge in [-0.05, 0) is 50.7 Å². The van der Waals surface area contributed by atoms with Crippen LogP contribution in [0.15, 0.2) is 6.07 Å². The Morgan fingerprint density at radius 3 is 2.60 bits per heavy atom. The third-order valence-corrected chi connectivity index (χ3v) is 4.65. The summed E-state index contributed by atoms with van der Waals surface area (Å²) in [4.78, 5) is 7.60. The fourth-order valence-corrected chi connectivity index (χ4v) is 3.58. The number of rotatable bonds is 2. The van der Waals surface area contributed by atoms with Crippen molar-refractivity contribution in [3.8, 4) is 0 Å². The van der Waals surface area contributed by atoms with Crippen molar-refractivity contribution in [2.45, 2.75) is 47.1 Å². The topological polar surface area (TPSA) is 42.1 Å². The van der Waals surface area contributed by atoms with Crippen molar-refractivity contribution in [2.75, 3.05) is 11.4 Å². The second-order valence-electron chi connectivity index (χ2n) is 6.35. The van der Waals surface area contributed by atoms with Gasteiger partial charge in [-0.2, -0.15) is 0 Å². The van der Waals surface area contributed by atoms with Crippen LogP contribution in [0, 0.1) is 25.7 Å². The van der Waals surface area contributed by atoms with E-state index in [1.165, 1.54) is 6.42 Å². The highest BCUT2D eigenvalue weighted by Gasteiger charge is 2.31. The molecule has 2 rings (SSSR count). The summed E-state index contributed by atoms with van der Waals surface area (Å²) in [5, 5.41) is 0. The average molecular weight is 291 g/mol. The van der Waals surface area contributed by atoms with Gasteiger partial charge in [-0.3, -0.25) is 0 Å². The first kappa shape index (κ1) is 15.2. The third-order valence-electron chi connectivity index (χ3n) is 4.44. The lowest BCUT2D eigenvalue weighted by Crippen LogP contribution is -2.47. The molecule has 0 aliphatic carbocycles. The normalized spacial score (nSPS) is 26.6. The van der Waals surface area contributed by atoms with Gasteiger partial charge in [0.1, 0.15) is 10.8 Å². The molecule has 1 fully saturated rings. The number of pyridine rings is 1. The van der Waals surface area contributed by atoms with Crippen LogP contribution in [-0.2, 0) is 0 Å². The molecule has 110 valence electrons. The van der Waals surface area contributed by atoms with Crippen LogP contribution in [0.1, 0.15) is 44.0 Å². The van der Waals surface area contributed by atoms with E-state index in [0.717, 1.165) is 29.2 Å². The summed E-state index contributed by atoms with van der Waals surface area (Å²) in [6.45, 7) is 12.0. The molecular formula is C16H25N3S. The van der Waals surface area contributed by atoms with Gasteiger partial charge in [0.2, 0.25) is 0 Å². The van der Waals surface area contributed by atoms with Gasteiger partial charge in [-0.15, -0.1) is 0 Å². The Morgan fingerprint density at radius 1 is 1.35 bits per heavy atom. The zero-order valence-electron chi connectivity index (χ0n) is 13.1. The van der Waals surface area contributed by atoms with Crippen molar-refractivity contribution >= 4 is 23.0 Å². The molecule has 1 aliphatic rings. The molecule has 0 aromatic carbocycles. The molecule has 1 aliphatic heterocycles. The maximum absolute atomic E-state index is 5.95. The first-order valence-corrected chi connectivity index (χ1v) is 7.76. The summed E-state index contributed by atoms with van der Waals surface area (Å²) in [5.74, 6) is 2.30. The number of nitrogens with two attached hydrogens (primary N) is 1. The molecule has 0 saturated carbocycles. The van der Waals surface area contributed by atoms with Gasteiger partial charge in [0.05, 0.1) is 5.56 Å². The van der Waals surface area contributed by atoms with Crippen LogP contribution in [0.3, 0.4) is 0 Å². The first-order chi connectivity index (χ1) is 9.31. The number of thiocarbonyl (C=S) groups is 1. The van der Waals surface area contributed by atoms with E-state index >= 15 is 0 Å². The number of hydrogen-bond acceptors (Lipinski definition) is 3. The van der Waals surface area contributed by atoms with Crippen LogP contribution < -0.4 is 10.6 Å². The van der Waals surface area contributed by atoms with E-state index in [0.29, 0.717) is 22.9 Å². The van der Waals surface area contributed by atoms with E-state index in [2.05, 4.69) is 38.7 Å². The Hall–Kier alpha value is -1.16. The van der Waals surface area contributed by atoms with E-state index in [4.69, 9.17) is 22.9 Å². The van der Waals surface area contributed by atoms with Gasteiger partial charge in [0, 0.05) is 18.3 Å². The van der Waals surface area contributed by atoms with Crippen molar-refractivity contribution < 1.29 is 0 Å². The van der Waals surface area contributed by atoms with Crippen LogP contribution in [0.2, 0.25) is 0 Å². The molecule has 0 bridgehead atoms. The van der Waals surface area contributed by atoms with E-state index in [-0.39, 0.29) is 0 Å². The highest BCUT2D eigenvalue weighted by atomic mass is 32.1. The number of piperidine rings is 1. The van der Waals surface area contributed by atoms with Crippen LogP contribution in [-0.4, -0.2) is 22.6 Å². The second-order valence-corrected chi connectivity index (χ2v) is 6.79. The Morgan fingerprint density at radius 2 is 2.00 bits per heavy atom. The quantitative estimate of drug-likeness (QED) is 0.850. The molecule has 1 aromatic heterocycles. The smallest absolute Gasteiger partial charge is 0.139 e. The van der Waals surface area contributed by atoms with Gasteiger partial charge >= 0.3 is 0 Å². The standard InChI is InChI=1S/C16H25N3S/c1-9-6-10(2)13(5)19(8-9)16-14(15(17)20)11(3)7-12(4)18-16/h7,9-10,13H,6,8H2,1-5H3,(H2,17,20). The average Bonchev–Trinajstić information content (AvgIpc) is 2.32. The number of aryl methyl sites for hydroxylation is 2. The monoisotopic (exact) mass is 291 g/mol. The lowest BCUT2D eigenvalue weighted by atomic mass is 9.85. The number of anilines is 1. The van der Waals surface area contributed by atoms with Crippen molar-refractivity contribution in [1.82, 2.24) is 4.98 Å². The van der Waals surface area contributed by atoms with E-state index in [9.17, 15) is 0 Å². The summed E-state index contributed by atoms with van der Waals surface area (Å²) in [6, 6.07) is 2.52. The van der Waals surface area contributed by atoms with Crippen molar-refractivity contribution in [3.63, 3.8) is 0 Å². The SMILES string of the molecule is Cc1cc(C)c(C(N)=S)c(N2CC(C)CC(C)C2C)n1. The van der Waals surface area contributed by atoms with Crippen LogP contribution in [0.25, 0.3) is 0 Å². The molecule has 1 aromatic rings. The molecule has 0 spiro atoms. The number of aromatic nitrogens is 1. The zero-order valence-corrected chi connectivity index (χ0v) is 13.9. The minimum atomic E-state index is 0.447. The lowest BCUT2D eigenvalue weighted by molar-refractivity contribution is 0.295. The summed E-state index contributed by atoms with van der Waals surface area (Å²) in [5.41, 5.74) is 9.04. The highest BCUT2D eigenvalue weighted by molar-refractivity contribution is 7.80. The van der Waals surface area contributed by atoms with Gasteiger partial charge in [0.15, 0.2) is 0 Å².